The summed E-state index contributed by atoms with van der Waals surface area (Å²) >= 11 is 1.73. The number of thiophene rings is 1. The minimum atomic E-state index is 0.490. The normalized spacial score (nSPS) is 16.2. The van der Waals surface area contributed by atoms with Gasteiger partial charge in [0.25, 0.3) is 0 Å². The van der Waals surface area contributed by atoms with E-state index in [-0.39, 0.29) is 0 Å². The molecule has 0 amide bonds. The first-order valence-electron chi connectivity index (χ1n) is 10.9. The van der Waals surface area contributed by atoms with E-state index in [2.05, 4.69) is 41.2 Å². The van der Waals surface area contributed by atoms with Crippen LogP contribution in [0.4, 0.5) is 5.82 Å². The lowest BCUT2D eigenvalue weighted by atomic mass is 10.0. The average molecular weight is 446 g/mol. The van der Waals surface area contributed by atoms with E-state index in [4.69, 9.17) is 14.7 Å². The molecule has 1 aliphatic heterocycles. The lowest BCUT2D eigenvalue weighted by Gasteiger charge is -2.41. The Kier molecular flexibility index (Phi) is 5.76. The largest absolute Gasteiger partial charge is 0.497 e. The SMILES string of the molecule is COc1ccc(CN2CCC2CNc2nc(-c3cccnc3)nc3sc(C)c(C)c23)cc1. The number of aromatic nitrogens is 3. The maximum absolute atomic E-state index is 5.27. The van der Waals surface area contributed by atoms with Gasteiger partial charge in [0, 0.05) is 48.5 Å². The Morgan fingerprint density at radius 2 is 2.00 bits per heavy atom. The lowest BCUT2D eigenvalue weighted by molar-refractivity contribution is 0.0912. The van der Waals surface area contributed by atoms with Crippen molar-refractivity contribution in [1.29, 1.82) is 0 Å². The third-order valence-electron chi connectivity index (χ3n) is 6.26. The van der Waals surface area contributed by atoms with Crippen LogP contribution in [0.1, 0.15) is 22.4 Å². The Bertz CT molecular complexity index is 1220. The highest BCUT2D eigenvalue weighted by Gasteiger charge is 2.28. The van der Waals surface area contributed by atoms with Crippen LogP contribution in [0.25, 0.3) is 21.6 Å². The highest BCUT2D eigenvalue weighted by Crippen LogP contribution is 2.35. The summed E-state index contributed by atoms with van der Waals surface area (Å²) in [6.45, 7) is 7.24. The van der Waals surface area contributed by atoms with Crippen molar-refractivity contribution in [1.82, 2.24) is 19.9 Å². The van der Waals surface area contributed by atoms with Crippen molar-refractivity contribution in [3.8, 4) is 17.1 Å². The summed E-state index contributed by atoms with van der Waals surface area (Å²) < 4.78 is 5.27. The molecule has 7 heteroatoms. The standard InChI is InChI=1S/C25H27N5OS/c1-16-17(2)32-25-22(16)24(28-23(29-25)19-5-4-11-26-13-19)27-14-20-10-12-30(20)15-18-6-8-21(31-3)9-7-18/h4-9,11,13,20H,10,12,14-15H2,1-3H3,(H,27,28,29). The fourth-order valence-electron chi connectivity index (χ4n) is 4.12. The summed E-state index contributed by atoms with van der Waals surface area (Å²) in [6.07, 6.45) is 4.78. The highest BCUT2D eigenvalue weighted by atomic mass is 32.1. The first-order valence-corrected chi connectivity index (χ1v) is 11.7. The molecular formula is C25H27N5OS. The van der Waals surface area contributed by atoms with Crippen LogP contribution in [-0.4, -0.2) is 46.1 Å². The number of aryl methyl sites for hydroxylation is 2. The number of rotatable bonds is 7. The number of pyridine rings is 1. The molecule has 1 N–H and O–H groups in total. The second-order valence-corrected chi connectivity index (χ2v) is 9.45. The van der Waals surface area contributed by atoms with Gasteiger partial charge in [-0.3, -0.25) is 9.88 Å². The second kappa shape index (κ2) is 8.84. The van der Waals surface area contributed by atoms with E-state index in [9.17, 15) is 0 Å². The van der Waals surface area contributed by atoms with Gasteiger partial charge >= 0.3 is 0 Å². The number of nitrogens with one attached hydrogen (secondary N) is 1. The van der Waals surface area contributed by atoms with Crippen LogP contribution < -0.4 is 10.1 Å². The number of ether oxygens (including phenoxy) is 1. The van der Waals surface area contributed by atoms with Gasteiger partial charge in [-0.1, -0.05) is 12.1 Å². The molecule has 4 heterocycles. The Balaban J connectivity index is 1.35. The Morgan fingerprint density at radius 3 is 2.69 bits per heavy atom. The first-order chi connectivity index (χ1) is 15.6. The lowest BCUT2D eigenvalue weighted by Crippen LogP contribution is -2.50. The predicted molar refractivity (Wildman–Crippen MR) is 130 cm³/mol. The van der Waals surface area contributed by atoms with Crippen molar-refractivity contribution < 1.29 is 4.74 Å². The number of benzene rings is 1. The minimum absolute atomic E-state index is 0.490. The molecular weight excluding hydrogens is 418 g/mol. The average Bonchev–Trinajstić information content (AvgIpc) is 3.11. The maximum Gasteiger partial charge on any atom is 0.164 e. The third kappa shape index (κ3) is 4.06. The molecule has 3 aromatic heterocycles. The van der Waals surface area contributed by atoms with Gasteiger partial charge < -0.3 is 10.1 Å². The maximum atomic E-state index is 5.27. The smallest absolute Gasteiger partial charge is 0.164 e. The molecule has 1 aliphatic rings. The fraction of sp³-hybridized carbons (Fsp3) is 0.320. The van der Waals surface area contributed by atoms with Crippen molar-refractivity contribution >= 4 is 27.4 Å². The van der Waals surface area contributed by atoms with E-state index in [0.29, 0.717) is 6.04 Å². The second-order valence-electron chi connectivity index (χ2n) is 8.24. The summed E-state index contributed by atoms with van der Waals surface area (Å²) in [5.41, 5.74) is 3.50. The fourth-order valence-corrected chi connectivity index (χ4v) is 5.14. The molecule has 1 atom stereocenters. The number of methoxy groups -OCH3 is 1. The summed E-state index contributed by atoms with van der Waals surface area (Å²) in [7, 11) is 1.70. The number of hydrogen-bond donors (Lipinski definition) is 1. The van der Waals surface area contributed by atoms with Gasteiger partial charge in [0.05, 0.1) is 12.5 Å². The van der Waals surface area contributed by atoms with Gasteiger partial charge in [-0.05, 0) is 55.7 Å². The molecule has 5 rings (SSSR count). The summed E-state index contributed by atoms with van der Waals surface area (Å²) in [6, 6.07) is 12.8. The Morgan fingerprint density at radius 1 is 1.16 bits per heavy atom. The van der Waals surface area contributed by atoms with Crippen molar-refractivity contribution in [2.45, 2.75) is 32.9 Å². The Labute approximate surface area is 192 Å². The van der Waals surface area contributed by atoms with E-state index in [1.54, 1.807) is 24.6 Å². The van der Waals surface area contributed by atoms with E-state index < -0.39 is 0 Å². The van der Waals surface area contributed by atoms with Crippen LogP contribution in [0.2, 0.25) is 0 Å². The number of likely N-dealkylation sites (tertiary alicyclic amines) is 1. The van der Waals surface area contributed by atoms with Crippen molar-refractivity contribution in [3.05, 3.63) is 64.8 Å². The zero-order valence-electron chi connectivity index (χ0n) is 18.6. The van der Waals surface area contributed by atoms with Gasteiger partial charge in [0.15, 0.2) is 5.82 Å². The van der Waals surface area contributed by atoms with E-state index in [0.717, 1.165) is 52.8 Å². The summed E-state index contributed by atoms with van der Waals surface area (Å²) in [5.74, 6) is 2.54. The number of fused-ring (bicyclic) bond motifs is 1. The quantitative estimate of drug-likeness (QED) is 0.429. The van der Waals surface area contributed by atoms with Crippen molar-refractivity contribution in [2.75, 3.05) is 25.5 Å². The highest BCUT2D eigenvalue weighted by molar-refractivity contribution is 7.18. The zero-order chi connectivity index (χ0) is 22.1. The molecule has 1 fully saturated rings. The molecule has 1 unspecified atom stereocenters. The summed E-state index contributed by atoms with van der Waals surface area (Å²) in [4.78, 5) is 18.8. The van der Waals surface area contributed by atoms with Crippen LogP contribution in [0.15, 0.2) is 48.8 Å². The van der Waals surface area contributed by atoms with Crippen molar-refractivity contribution in [3.63, 3.8) is 0 Å². The molecule has 32 heavy (non-hydrogen) atoms. The number of anilines is 1. The first kappa shape index (κ1) is 20.8. The van der Waals surface area contributed by atoms with Crippen LogP contribution in [0.5, 0.6) is 5.75 Å². The molecule has 1 saturated heterocycles. The minimum Gasteiger partial charge on any atom is -0.497 e. The zero-order valence-corrected chi connectivity index (χ0v) is 19.4. The predicted octanol–water partition coefficient (Wildman–Crippen LogP) is 5.07. The van der Waals surface area contributed by atoms with Gasteiger partial charge in [-0.25, -0.2) is 9.97 Å². The summed E-state index contributed by atoms with van der Waals surface area (Å²) in [5, 5.41) is 4.80. The van der Waals surface area contributed by atoms with Gasteiger partial charge in [-0.2, -0.15) is 0 Å². The molecule has 4 aromatic rings. The van der Waals surface area contributed by atoms with Gasteiger partial charge in [0.1, 0.15) is 16.4 Å². The van der Waals surface area contributed by atoms with Crippen LogP contribution in [0.3, 0.4) is 0 Å². The van der Waals surface area contributed by atoms with Crippen LogP contribution in [-0.2, 0) is 6.54 Å². The third-order valence-corrected chi connectivity index (χ3v) is 7.37. The molecule has 0 radical (unpaired) electrons. The Hall–Kier alpha value is -3.03. The molecule has 0 saturated carbocycles. The molecule has 6 nitrogen and oxygen atoms in total. The van der Waals surface area contributed by atoms with Crippen LogP contribution >= 0.6 is 11.3 Å². The molecule has 164 valence electrons. The molecule has 0 bridgehead atoms. The molecule has 0 spiro atoms. The number of hydrogen-bond acceptors (Lipinski definition) is 7. The van der Waals surface area contributed by atoms with E-state index in [1.165, 1.54) is 22.4 Å². The monoisotopic (exact) mass is 445 g/mol. The van der Waals surface area contributed by atoms with Gasteiger partial charge in [0.2, 0.25) is 0 Å². The topological polar surface area (TPSA) is 63.2 Å². The van der Waals surface area contributed by atoms with Crippen molar-refractivity contribution in [2.24, 2.45) is 0 Å². The van der Waals surface area contributed by atoms with E-state index in [1.807, 2.05) is 30.5 Å². The molecule has 1 aromatic carbocycles. The van der Waals surface area contributed by atoms with E-state index >= 15 is 0 Å². The van der Waals surface area contributed by atoms with Crippen LogP contribution in [0, 0.1) is 13.8 Å². The number of nitrogens with zero attached hydrogens (tertiary/aromatic N) is 4. The van der Waals surface area contributed by atoms with Gasteiger partial charge in [-0.15, -0.1) is 11.3 Å². The molecule has 0 aliphatic carbocycles.